The smallest absolute Gasteiger partial charge is 0.242 e. The second-order valence-corrected chi connectivity index (χ2v) is 10.8. The number of allylic oxidation sites excluding steroid dienone is 1. The Morgan fingerprint density at radius 3 is 1.76 bits per heavy atom. The van der Waals surface area contributed by atoms with Gasteiger partial charge in [-0.15, -0.1) is 5.54 Å². The van der Waals surface area contributed by atoms with Gasteiger partial charge in [-0.05, 0) is 16.6 Å². The minimum Gasteiger partial charge on any atom is -0.259 e. The van der Waals surface area contributed by atoms with Crippen molar-refractivity contribution in [3.8, 4) is 11.5 Å². The van der Waals surface area contributed by atoms with E-state index in [1.807, 2.05) is 0 Å². The highest BCUT2D eigenvalue weighted by atomic mass is 28.3. The largest absolute Gasteiger partial charge is 0.259 e. The van der Waals surface area contributed by atoms with Crippen molar-refractivity contribution in [2.45, 2.75) is 58.2 Å². The number of rotatable bonds is 4. The molecule has 3 nitrogen and oxygen atoms in total. The van der Waals surface area contributed by atoms with Gasteiger partial charge in [-0.1, -0.05) is 47.5 Å². The third kappa shape index (κ3) is 4.01. The van der Waals surface area contributed by atoms with Crippen LogP contribution in [0.15, 0.2) is 12.3 Å². The highest BCUT2D eigenvalue weighted by Gasteiger charge is 2.41. The Bertz CT molecular complexity index is 326. The number of hydrogen-bond donors (Lipinski definition) is 0. The Balaban J connectivity index is 5.26. The second-order valence-electron chi connectivity index (χ2n) is 5.27. The monoisotopic (exact) mass is 253 g/mol. The van der Waals surface area contributed by atoms with E-state index in [0.717, 1.165) is 6.20 Å². The Labute approximate surface area is 105 Å². The van der Waals surface area contributed by atoms with Crippen LogP contribution in [0.4, 0.5) is 0 Å². The predicted octanol–water partition coefficient (Wildman–Crippen LogP) is 4.00. The van der Waals surface area contributed by atoms with Crippen LogP contribution < -0.4 is 0 Å². The number of nitro groups is 1. The zero-order chi connectivity index (χ0) is 13.6. The zero-order valence-electron chi connectivity index (χ0n) is 11.7. The first-order valence-corrected chi connectivity index (χ1v) is 8.31. The van der Waals surface area contributed by atoms with E-state index < -0.39 is 13.0 Å². The van der Waals surface area contributed by atoms with E-state index in [-0.39, 0.29) is 0 Å². The van der Waals surface area contributed by atoms with Gasteiger partial charge >= 0.3 is 0 Å². The summed E-state index contributed by atoms with van der Waals surface area (Å²) in [6.45, 7) is 13.3. The Morgan fingerprint density at radius 1 is 1.06 bits per heavy atom. The Hall–Kier alpha value is -1.08. The molecule has 0 fully saturated rings. The zero-order valence-corrected chi connectivity index (χ0v) is 12.7. The number of nitrogens with zero attached hydrogens (tertiary/aromatic N) is 1. The van der Waals surface area contributed by atoms with Crippen LogP contribution in [0.3, 0.4) is 0 Å². The van der Waals surface area contributed by atoms with Crippen LogP contribution in [-0.2, 0) is 0 Å². The van der Waals surface area contributed by atoms with E-state index in [9.17, 15) is 10.1 Å². The molecule has 0 aliphatic carbocycles. The second kappa shape index (κ2) is 6.60. The lowest BCUT2D eigenvalue weighted by atomic mass is 10.5. The molecule has 0 aromatic rings. The van der Waals surface area contributed by atoms with Crippen molar-refractivity contribution < 1.29 is 4.92 Å². The van der Waals surface area contributed by atoms with Gasteiger partial charge in [0.2, 0.25) is 6.20 Å². The molecule has 0 rings (SSSR count). The van der Waals surface area contributed by atoms with Crippen LogP contribution >= 0.6 is 0 Å². The van der Waals surface area contributed by atoms with Gasteiger partial charge < -0.3 is 0 Å². The molecule has 0 aliphatic heterocycles. The topological polar surface area (TPSA) is 43.1 Å². The maximum atomic E-state index is 10.2. The van der Waals surface area contributed by atoms with Gasteiger partial charge in [0.15, 0.2) is 0 Å². The third-order valence-corrected chi connectivity index (χ3v) is 9.74. The maximum absolute atomic E-state index is 10.2. The predicted molar refractivity (Wildman–Crippen MR) is 75.0 cm³/mol. The van der Waals surface area contributed by atoms with E-state index in [2.05, 4.69) is 53.0 Å². The van der Waals surface area contributed by atoms with Crippen LogP contribution in [0.2, 0.25) is 16.6 Å². The highest BCUT2D eigenvalue weighted by Crippen LogP contribution is 2.40. The lowest BCUT2D eigenvalue weighted by Crippen LogP contribution is -2.43. The van der Waals surface area contributed by atoms with Gasteiger partial charge in [0.05, 0.1) is 11.0 Å². The number of hydrogen-bond acceptors (Lipinski definition) is 2. The van der Waals surface area contributed by atoms with Crippen molar-refractivity contribution in [2.24, 2.45) is 0 Å². The first kappa shape index (κ1) is 15.9. The minimum atomic E-state index is -1.73. The van der Waals surface area contributed by atoms with Crippen molar-refractivity contribution >= 4 is 8.07 Å². The summed E-state index contributed by atoms with van der Waals surface area (Å²) < 4.78 is 0. The minimum absolute atomic E-state index is 0.474. The molecule has 0 amide bonds. The van der Waals surface area contributed by atoms with Crippen molar-refractivity contribution in [2.75, 3.05) is 0 Å². The van der Waals surface area contributed by atoms with Gasteiger partial charge in [-0.25, -0.2) is 0 Å². The van der Waals surface area contributed by atoms with Gasteiger partial charge in [-0.3, -0.25) is 10.1 Å². The Morgan fingerprint density at radius 2 is 1.47 bits per heavy atom. The fraction of sp³-hybridized carbons (Fsp3) is 0.692. The molecule has 0 atom stereocenters. The molecule has 0 bridgehead atoms. The molecule has 0 aromatic carbocycles. The molecule has 0 spiro atoms. The van der Waals surface area contributed by atoms with E-state index in [1.165, 1.54) is 6.08 Å². The maximum Gasteiger partial charge on any atom is 0.242 e. The lowest BCUT2D eigenvalue weighted by molar-refractivity contribution is -0.402. The fourth-order valence-electron chi connectivity index (χ4n) is 2.70. The Kier molecular flexibility index (Phi) is 6.18. The first-order chi connectivity index (χ1) is 7.75. The molecular weight excluding hydrogens is 230 g/mol. The fourth-order valence-corrected chi connectivity index (χ4v) is 7.90. The van der Waals surface area contributed by atoms with Gasteiger partial charge in [0.25, 0.3) is 0 Å². The molecule has 0 heterocycles. The van der Waals surface area contributed by atoms with Crippen LogP contribution in [0.5, 0.6) is 0 Å². The quantitative estimate of drug-likeness (QED) is 0.329. The molecule has 0 N–H and O–H groups in total. The molecule has 0 radical (unpaired) electrons. The van der Waals surface area contributed by atoms with Crippen LogP contribution in [0.1, 0.15) is 41.5 Å². The molecule has 4 heteroatoms. The van der Waals surface area contributed by atoms with Crippen LogP contribution in [0.25, 0.3) is 0 Å². The van der Waals surface area contributed by atoms with Gasteiger partial charge in [-0.2, -0.15) is 0 Å². The van der Waals surface area contributed by atoms with E-state index in [4.69, 9.17) is 0 Å². The molecule has 0 aliphatic rings. The summed E-state index contributed by atoms with van der Waals surface area (Å²) >= 11 is 0. The summed E-state index contributed by atoms with van der Waals surface area (Å²) in [6, 6.07) is 0. The SMILES string of the molecule is CC(C)[Si](C#C/C=C/[N+](=O)[O-])(C(C)C)C(C)C. The van der Waals surface area contributed by atoms with E-state index >= 15 is 0 Å². The average molecular weight is 253 g/mol. The first-order valence-electron chi connectivity index (χ1n) is 6.08. The summed E-state index contributed by atoms with van der Waals surface area (Å²) in [5.41, 5.74) is 5.05. The molecule has 0 unspecified atom stereocenters. The lowest BCUT2D eigenvalue weighted by Gasteiger charge is -2.37. The standard InChI is InChI=1S/C13H23NO2Si/c1-11(2)17(12(3)4,13(5)6)10-8-7-9-14(15)16/h7,9,11-13H,1-6H3/b9-7+. The van der Waals surface area contributed by atoms with E-state index in [0.29, 0.717) is 16.6 Å². The van der Waals surface area contributed by atoms with Crippen molar-refractivity contribution in [1.29, 1.82) is 0 Å². The molecule has 0 saturated heterocycles. The van der Waals surface area contributed by atoms with Crippen LogP contribution in [-0.4, -0.2) is 13.0 Å². The van der Waals surface area contributed by atoms with Gasteiger partial charge in [0, 0.05) is 0 Å². The summed E-state index contributed by atoms with van der Waals surface area (Å²) in [6.07, 6.45) is 2.27. The van der Waals surface area contributed by atoms with Crippen molar-refractivity contribution in [3.05, 3.63) is 22.4 Å². The van der Waals surface area contributed by atoms with Gasteiger partial charge in [0.1, 0.15) is 8.07 Å². The average Bonchev–Trinajstić information content (AvgIpc) is 2.15. The summed E-state index contributed by atoms with van der Waals surface area (Å²) in [7, 11) is -1.73. The van der Waals surface area contributed by atoms with Crippen LogP contribution in [0, 0.1) is 21.6 Å². The molecule has 96 valence electrons. The van der Waals surface area contributed by atoms with Crippen molar-refractivity contribution in [1.82, 2.24) is 0 Å². The molecular formula is C13H23NO2Si. The molecule has 0 aromatic heterocycles. The normalized spacial score (nSPS) is 12.3. The summed E-state index contributed by atoms with van der Waals surface area (Å²) in [4.78, 5) is 9.71. The van der Waals surface area contributed by atoms with E-state index in [1.54, 1.807) is 0 Å². The molecule has 0 saturated carbocycles. The molecule has 17 heavy (non-hydrogen) atoms. The van der Waals surface area contributed by atoms with Crippen molar-refractivity contribution in [3.63, 3.8) is 0 Å². The highest BCUT2D eigenvalue weighted by molar-refractivity contribution is 6.90. The summed E-state index contributed by atoms with van der Waals surface area (Å²) in [5, 5.41) is 10.2. The summed E-state index contributed by atoms with van der Waals surface area (Å²) in [5.74, 6) is 2.89. The third-order valence-electron chi connectivity index (χ3n) is 3.43.